The van der Waals surface area contributed by atoms with Crippen LogP contribution < -0.4 is 5.73 Å². The fourth-order valence-electron chi connectivity index (χ4n) is 2.54. The SMILES string of the molecule is Nc1ncc2c(n1)-c1[nH]c3ccccc3c1C2. The van der Waals surface area contributed by atoms with E-state index in [0.29, 0.717) is 5.95 Å². The molecule has 0 atom stereocenters. The van der Waals surface area contributed by atoms with E-state index >= 15 is 0 Å². The molecule has 1 aliphatic rings. The van der Waals surface area contributed by atoms with Gasteiger partial charge in [-0.15, -0.1) is 0 Å². The first-order valence-electron chi connectivity index (χ1n) is 5.54. The van der Waals surface area contributed by atoms with Crippen LogP contribution in [0, 0.1) is 0 Å². The van der Waals surface area contributed by atoms with Gasteiger partial charge in [0, 0.05) is 29.1 Å². The number of H-pyrrole nitrogens is 1. The summed E-state index contributed by atoms with van der Waals surface area (Å²) in [5.74, 6) is 0.329. The van der Waals surface area contributed by atoms with Crippen LogP contribution in [0.1, 0.15) is 11.1 Å². The van der Waals surface area contributed by atoms with Gasteiger partial charge in [0.05, 0.1) is 11.4 Å². The number of hydrogen-bond donors (Lipinski definition) is 2. The molecule has 0 radical (unpaired) electrons. The first-order chi connectivity index (χ1) is 8.33. The Morgan fingerprint density at radius 1 is 1.24 bits per heavy atom. The van der Waals surface area contributed by atoms with Gasteiger partial charge in [-0.1, -0.05) is 18.2 Å². The minimum absolute atomic E-state index is 0.329. The second kappa shape index (κ2) is 2.85. The lowest BCUT2D eigenvalue weighted by Crippen LogP contribution is -1.97. The van der Waals surface area contributed by atoms with Gasteiger partial charge in [0.1, 0.15) is 0 Å². The highest BCUT2D eigenvalue weighted by atomic mass is 15.0. The highest BCUT2D eigenvalue weighted by Gasteiger charge is 2.24. The third-order valence-corrected chi connectivity index (χ3v) is 3.30. The minimum Gasteiger partial charge on any atom is -0.368 e. The van der Waals surface area contributed by atoms with E-state index in [1.54, 1.807) is 0 Å². The van der Waals surface area contributed by atoms with Crippen molar-refractivity contribution in [2.24, 2.45) is 0 Å². The number of benzene rings is 1. The Balaban J connectivity index is 2.09. The number of nitrogens with one attached hydrogen (secondary N) is 1. The zero-order valence-corrected chi connectivity index (χ0v) is 9.07. The van der Waals surface area contributed by atoms with Gasteiger partial charge >= 0.3 is 0 Å². The van der Waals surface area contributed by atoms with Gasteiger partial charge in [-0.05, 0) is 11.6 Å². The molecular weight excluding hydrogens is 212 g/mol. The molecule has 4 rings (SSSR count). The van der Waals surface area contributed by atoms with E-state index in [4.69, 9.17) is 5.73 Å². The molecule has 0 fully saturated rings. The second-order valence-electron chi connectivity index (χ2n) is 4.30. The Hall–Kier alpha value is -2.36. The number of anilines is 1. The number of nitrogen functional groups attached to an aromatic ring is 1. The Morgan fingerprint density at radius 3 is 3.06 bits per heavy atom. The number of fused-ring (bicyclic) bond motifs is 5. The number of aromatic nitrogens is 3. The van der Waals surface area contributed by atoms with Crippen LogP contribution in [0.3, 0.4) is 0 Å². The van der Waals surface area contributed by atoms with Crippen LogP contribution in [0.25, 0.3) is 22.3 Å². The third-order valence-electron chi connectivity index (χ3n) is 3.30. The number of nitrogens with two attached hydrogens (primary N) is 1. The van der Waals surface area contributed by atoms with Gasteiger partial charge in [0.2, 0.25) is 5.95 Å². The van der Waals surface area contributed by atoms with Crippen LogP contribution in [-0.2, 0) is 6.42 Å². The zero-order chi connectivity index (χ0) is 11.4. The highest BCUT2D eigenvalue weighted by molar-refractivity contribution is 5.93. The van der Waals surface area contributed by atoms with E-state index in [-0.39, 0.29) is 0 Å². The summed E-state index contributed by atoms with van der Waals surface area (Å²) in [7, 11) is 0. The first-order valence-corrected chi connectivity index (χ1v) is 5.54. The van der Waals surface area contributed by atoms with E-state index < -0.39 is 0 Å². The number of rotatable bonds is 0. The van der Waals surface area contributed by atoms with Crippen molar-refractivity contribution < 1.29 is 0 Å². The Bertz CT molecular complexity index is 742. The summed E-state index contributed by atoms with van der Waals surface area (Å²) in [6, 6.07) is 8.30. The van der Waals surface area contributed by atoms with Crippen molar-refractivity contribution in [3.8, 4) is 11.4 Å². The molecular formula is C13H10N4. The molecule has 4 heteroatoms. The Labute approximate surface area is 97.5 Å². The summed E-state index contributed by atoms with van der Waals surface area (Å²) in [5.41, 5.74) is 11.3. The minimum atomic E-state index is 0.329. The second-order valence-corrected chi connectivity index (χ2v) is 4.30. The summed E-state index contributed by atoms with van der Waals surface area (Å²) in [6.07, 6.45) is 2.70. The highest BCUT2D eigenvalue weighted by Crippen LogP contribution is 2.38. The first kappa shape index (κ1) is 8.75. The average molecular weight is 222 g/mol. The van der Waals surface area contributed by atoms with Crippen LogP contribution in [0.5, 0.6) is 0 Å². The fourth-order valence-corrected chi connectivity index (χ4v) is 2.54. The van der Waals surface area contributed by atoms with Crippen LogP contribution in [0.15, 0.2) is 30.5 Å². The van der Waals surface area contributed by atoms with E-state index in [1.165, 1.54) is 10.9 Å². The van der Waals surface area contributed by atoms with Crippen molar-refractivity contribution in [1.29, 1.82) is 0 Å². The normalized spacial score (nSPS) is 12.7. The molecule has 2 heterocycles. The summed E-state index contributed by atoms with van der Waals surface area (Å²) in [4.78, 5) is 11.8. The summed E-state index contributed by atoms with van der Waals surface area (Å²) in [5, 5.41) is 1.26. The van der Waals surface area contributed by atoms with Crippen LogP contribution >= 0.6 is 0 Å². The van der Waals surface area contributed by atoms with Gasteiger partial charge in [0.25, 0.3) is 0 Å². The van der Waals surface area contributed by atoms with Gasteiger partial charge < -0.3 is 10.7 Å². The number of nitrogens with zero attached hydrogens (tertiary/aromatic N) is 2. The number of hydrogen-bond acceptors (Lipinski definition) is 3. The molecule has 0 unspecified atom stereocenters. The largest absolute Gasteiger partial charge is 0.368 e. The maximum absolute atomic E-state index is 5.65. The van der Waals surface area contributed by atoms with E-state index in [9.17, 15) is 0 Å². The van der Waals surface area contributed by atoms with E-state index in [1.807, 2.05) is 12.3 Å². The van der Waals surface area contributed by atoms with Crippen molar-refractivity contribution in [3.05, 3.63) is 41.6 Å². The van der Waals surface area contributed by atoms with Crippen molar-refractivity contribution in [2.45, 2.75) is 6.42 Å². The zero-order valence-electron chi connectivity index (χ0n) is 9.07. The van der Waals surface area contributed by atoms with Crippen LogP contribution in [0.4, 0.5) is 5.95 Å². The summed E-state index contributed by atoms with van der Waals surface area (Å²) < 4.78 is 0. The average Bonchev–Trinajstić information content (AvgIpc) is 2.85. The molecule has 3 N–H and O–H groups in total. The van der Waals surface area contributed by atoms with Crippen molar-refractivity contribution >= 4 is 16.9 Å². The van der Waals surface area contributed by atoms with Crippen molar-refractivity contribution in [3.63, 3.8) is 0 Å². The fraction of sp³-hybridized carbons (Fsp3) is 0.0769. The quantitative estimate of drug-likeness (QED) is 0.479. The lowest BCUT2D eigenvalue weighted by atomic mass is 10.1. The standard InChI is InChI=1S/C13H10N4/c14-13-15-6-7-5-9-8-3-1-2-4-10(8)16-12(9)11(7)17-13/h1-4,6,16H,5H2,(H2,14,15,17). The van der Waals surface area contributed by atoms with Crippen molar-refractivity contribution in [2.75, 3.05) is 5.73 Å². The van der Waals surface area contributed by atoms with Crippen molar-refractivity contribution in [1.82, 2.24) is 15.0 Å². The van der Waals surface area contributed by atoms with Gasteiger partial charge in [0.15, 0.2) is 0 Å². The number of aromatic amines is 1. The van der Waals surface area contributed by atoms with Gasteiger partial charge in [-0.3, -0.25) is 0 Å². The maximum Gasteiger partial charge on any atom is 0.220 e. The molecule has 0 aliphatic heterocycles. The molecule has 3 aromatic rings. The lowest BCUT2D eigenvalue weighted by Gasteiger charge is -1.99. The lowest BCUT2D eigenvalue weighted by molar-refractivity contribution is 1.13. The molecule has 1 aromatic carbocycles. The molecule has 0 saturated carbocycles. The molecule has 0 saturated heterocycles. The summed E-state index contributed by atoms with van der Waals surface area (Å²) >= 11 is 0. The molecule has 1 aliphatic carbocycles. The Kier molecular flexibility index (Phi) is 1.47. The maximum atomic E-state index is 5.65. The van der Waals surface area contributed by atoms with Crippen LogP contribution in [0.2, 0.25) is 0 Å². The summed E-state index contributed by atoms with van der Waals surface area (Å²) in [6.45, 7) is 0. The molecule has 4 nitrogen and oxygen atoms in total. The van der Waals surface area contributed by atoms with Crippen LogP contribution in [-0.4, -0.2) is 15.0 Å². The molecule has 0 bridgehead atoms. The van der Waals surface area contributed by atoms with E-state index in [2.05, 4.69) is 33.2 Å². The predicted molar refractivity (Wildman–Crippen MR) is 66.5 cm³/mol. The van der Waals surface area contributed by atoms with Gasteiger partial charge in [-0.2, -0.15) is 0 Å². The smallest absolute Gasteiger partial charge is 0.220 e. The molecule has 17 heavy (non-hydrogen) atoms. The predicted octanol–water partition coefficient (Wildman–Crippen LogP) is 2.11. The Morgan fingerprint density at radius 2 is 2.12 bits per heavy atom. The topological polar surface area (TPSA) is 67.6 Å². The van der Waals surface area contributed by atoms with E-state index in [0.717, 1.165) is 28.9 Å². The molecule has 0 spiro atoms. The molecule has 0 amide bonds. The number of para-hydroxylation sites is 1. The molecule has 2 aromatic heterocycles. The third kappa shape index (κ3) is 1.07. The van der Waals surface area contributed by atoms with Gasteiger partial charge in [-0.25, -0.2) is 9.97 Å². The molecule has 82 valence electrons. The monoisotopic (exact) mass is 222 g/mol.